The van der Waals surface area contributed by atoms with E-state index < -0.39 is 0 Å². The van der Waals surface area contributed by atoms with Crippen molar-refractivity contribution in [1.82, 2.24) is 15.0 Å². The van der Waals surface area contributed by atoms with Gasteiger partial charge in [0.15, 0.2) is 5.82 Å². The maximum Gasteiger partial charge on any atom is 0.153 e. The molecule has 0 aliphatic carbocycles. The lowest BCUT2D eigenvalue weighted by Gasteiger charge is -2.15. The first-order chi connectivity index (χ1) is 9.74. The van der Waals surface area contributed by atoms with Crippen molar-refractivity contribution in [2.45, 2.75) is 13.0 Å². The largest absolute Gasteiger partial charge is 0.360 e. The molecule has 3 heterocycles. The van der Waals surface area contributed by atoms with Crippen molar-refractivity contribution >= 4 is 32.7 Å². The van der Waals surface area contributed by atoms with E-state index in [4.69, 9.17) is 0 Å². The van der Waals surface area contributed by atoms with Gasteiger partial charge in [-0.05, 0) is 47.1 Å². The second-order valence-electron chi connectivity index (χ2n) is 4.49. The number of pyridine rings is 3. The average molecular weight is 329 g/mol. The van der Waals surface area contributed by atoms with Crippen LogP contribution in [-0.4, -0.2) is 15.0 Å². The highest BCUT2D eigenvalue weighted by Gasteiger charge is 2.10. The van der Waals surface area contributed by atoms with E-state index in [1.807, 2.05) is 36.4 Å². The Kier molecular flexibility index (Phi) is 3.60. The van der Waals surface area contributed by atoms with Crippen molar-refractivity contribution in [1.29, 1.82) is 0 Å². The lowest BCUT2D eigenvalue weighted by Crippen LogP contribution is -2.10. The molecular weight excluding hydrogens is 316 g/mol. The number of hydrogen-bond acceptors (Lipinski definition) is 4. The molecule has 0 spiro atoms. The molecule has 1 unspecified atom stereocenters. The molecule has 0 radical (unpaired) electrons. The zero-order valence-electron chi connectivity index (χ0n) is 10.9. The highest BCUT2D eigenvalue weighted by molar-refractivity contribution is 9.10. The van der Waals surface area contributed by atoms with Crippen LogP contribution in [0.2, 0.25) is 0 Å². The molecule has 1 atom stereocenters. The van der Waals surface area contributed by atoms with Gasteiger partial charge in [0.2, 0.25) is 0 Å². The van der Waals surface area contributed by atoms with Gasteiger partial charge in [-0.2, -0.15) is 0 Å². The van der Waals surface area contributed by atoms with Crippen molar-refractivity contribution in [2.24, 2.45) is 0 Å². The summed E-state index contributed by atoms with van der Waals surface area (Å²) >= 11 is 3.39. The Morgan fingerprint density at radius 1 is 1.05 bits per heavy atom. The molecular formula is C15H13BrN4. The molecule has 3 rings (SSSR count). The second kappa shape index (κ2) is 5.54. The molecule has 20 heavy (non-hydrogen) atoms. The van der Waals surface area contributed by atoms with Gasteiger partial charge in [-0.1, -0.05) is 12.1 Å². The van der Waals surface area contributed by atoms with Gasteiger partial charge in [-0.15, -0.1) is 0 Å². The number of nitrogens with zero attached hydrogens (tertiary/aromatic N) is 3. The Morgan fingerprint density at radius 2 is 1.95 bits per heavy atom. The fourth-order valence-corrected chi connectivity index (χ4v) is 2.41. The third-order valence-corrected chi connectivity index (χ3v) is 3.50. The molecule has 3 aromatic heterocycles. The van der Waals surface area contributed by atoms with Gasteiger partial charge in [-0.25, -0.2) is 9.97 Å². The zero-order valence-corrected chi connectivity index (χ0v) is 12.5. The van der Waals surface area contributed by atoms with Crippen LogP contribution in [0.5, 0.6) is 0 Å². The molecule has 0 aromatic carbocycles. The maximum atomic E-state index is 4.46. The van der Waals surface area contributed by atoms with E-state index in [2.05, 4.69) is 43.1 Å². The summed E-state index contributed by atoms with van der Waals surface area (Å²) in [6, 6.07) is 11.8. The van der Waals surface area contributed by atoms with Gasteiger partial charge >= 0.3 is 0 Å². The third kappa shape index (κ3) is 2.63. The fraction of sp³-hybridized carbons (Fsp3) is 0.133. The van der Waals surface area contributed by atoms with E-state index in [1.54, 1.807) is 12.4 Å². The summed E-state index contributed by atoms with van der Waals surface area (Å²) in [5, 5.41) is 4.44. The van der Waals surface area contributed by atoms with Crippen molar-refractivity contribution in [3.05, 3.63) is 59.1 Å². The van der Waals surface area contributed by atoms with Crippen LogP contribution in [0.1, 0.15) is 18.7 Å². The van der Waals surface area contributed by atoms with Crippen molar-refractivity contribution in [3.63, 3.8) is 0 Å². The van der Waals surface area contributed by atoms with E-state index in [1.165, 1.54) is 0 Å². The minimum Gasteiger partial charge on any atom is -0.360 e. The van der Waals surface area contributed by atoms with Gasteiger partial charge in [0.25, 0.3) is 0 Å². The van der Waals surface area contributed by atoms with Crippen LogP contribution in [0.3, 0.4) is 0 Å². The summed E-state index contributed by atoms with van der Waals surface area (Å²) in [4.78, 5) is 13.2. The second-order valence-corrected chi connectivity index (χ2v) is 5.30. The van der Waals surface area contributed by atoms with Crippen molar-refractivity contribution in [3.8, 4) is 0 Å². The molecule has 100 valence electrons. The lowest BCUT2D eigenvalue weighted by atomic mass is 10.2. The molecule has 1 N–H and O–H groups in total. The number of halogens is 1. The first-order valence-electron chi connectivity index (χ1n) is 6.33. The quantitative estimate of drug-likeness (QED) is 0.739. The molecule has 0 bridgehead atoms. The Hall–Kier alpha value is -2.01. The number of rotatable bonds is 3. The number of hydrogen-bond donors (Lipinski definition) is 1. The number of fused-ring (bicyclic) bond motifs is 1. The summed E-state index contributed by atoms with van der Waals surface area (Å²) < 4.78 is 0.827. The van der Waals surface area contributed by atoms with Crippen LogP contribution in [0.15, 0.2) is 53.4 Å². The summed E-state index contributed by atoms with van der Waals surface area (Å²) in [6.45, 7) is 2.05. The molecule has 0 saturated heterocycles. The van der Waals surface area contributed by atoms with Crippen molar-refractivity contribution in [2.75, 3.05) is 5.32 Å². The average Bonchev–Trinajstić information content (AvgIpc) is 2.47. The summed E-state index contributed by atoms with van der Waals surface area (Å²) in [6.07, 6.45) is 3.56. The smallest absolute Gasteiger partial charge is 0.153 e. The Morgan fingerprint density at radius 3 is 2.80 bits per heavy atom. The van der Waals surface area contributed by atoms with Crippen LogP contribution >= 0.6 is 15.9 Å². The Bertz CT molecular complexity index is 739. The minimum atomic E-state index is 0.0487. The Balaban J connectivity index is 1.93. The number of nitrogens with one attached hydrogen (secondary N) is 1. The molecule has 0 aliphatic heterocycles. The van der Waals surface area contributed by atoms with Crippen molar-refractivity contribution < 1.29 is 0 Å². The fourth-order valence-electron chi connectivity index (χ4n) is 2.05. The minimum absolute atomic E-state index is 0.0487. The molecule has 0 fully saturated rings. The van der Waals surface area contributed by atoms with E-state index in [-0.39, 0.29) is 6.04 Å². The standard InChI is InChI=1S/C15H13BrN4/c1-10(12-5-2-6-13(16)20-12)19-15-14-11(7-9-18-15)4-3-8-17-14/h2-10H,1H3,(H,18,19). The van der Waals surface area contributed by atoms with Crippen LogP contribution in [-0.2, 0) is 0 Å². The molecule has 0 saturated carbocycles. The molecule has 5 heteroatoms. The van der Waals surface area contributed by atoms with Crippen LogP contribution < -0.4 is 5.32 Å². The monoisotopic (exact) mass is 328 g/mol. The molecule has 3 aromatic rings. The van der Waals surface area contributed by atoms with Crippen LogP contribution in [0.4, 0.5) is 5.82 Å². The zero-order chi connectivity index (χ0) is 13.9. The lowest BCUT2D eigenvalue weighted by molar-refractivity contribution is 0.829. The highest BCUT2D eigenvalue weighted by atomic mass is 79.9. The summed E-state index contributed by atoms with van der Waals surface area (Å²) in [5.74, 6) is 0.775. The number of anilines is 1. The van der Waals surface area contributed by atoms with E-state index in [0.29, 0.717) is 0 Å². The van der Waals surface area contributed by atoms with E-state index >= 15 is 0 Å². The first-order valence-corrected chi connectivity index (χ1v) is 7.12. The Labute approximate surface area is 125 Å². The third-order valence-electron chi connectivity index (χ3n) is 3.05. The van der Waals surface area contributed by atoms with Crippen LogP contribution in [0, 0.1) is 0 Å². The number of aromatic nitrogens is 3. The van der Waals surface area contributed by atoms with Gasteiger partial charge in [0.1, 0.15) is 10.1 Å². The van der Waals surface area contributed by atoms with E-state index in [9.17, 15) is 0 Å². The molecule has 4 nitrogen and oxygen atoms in total. The van der Waals surface area contributed by atoms with Gasteiger partial charge in [-0.3, -0.25) is 4.98 Å². The van der Waals surface area contributed by atoms with Gasteiger partial charge in [0.05, 0.1) is 11.7 Å². The van der Waals surface area contributed by atoms with Gasteiger partial charge < -0.3 is 5.32 Å². The molecule has 0 aliphatic rings. The summed E-state index contributed by atoms with van der Waals surface area (Å²) in [7, 11) is 0. The summed E-state index contributed by atoms with van der Waals surface area (Å²) in [5.41, 5.74) is 1.82. The van der Waals surface area contributed by atoms with Gasteiger partial charge in [0, 0.05) is 17.8 Å². The topological polar surface area (TPSA) is 50.7 Å². The van der Waals surface area contributed by atoms with E-state index in [0.717, 1.165) is 27.0 Å². The normalized spacial score (nSPS) is 12.3. The SMILES string of the molecule is CC(Nc1nccc2cccnc12)c1cccc(Br)n1. The highest BCUT2D eigenvalue weighted by Crippen LogP contribution is 2.23. The maximum absolute atomic E-state index is 4.46. The predicted molar refractivity (Wildman–Crippen MR) is 83.5 cm³/mol. The first kappa shape index (κ1) is 13.0. The predicted octanol–water partition coefficient (Wildman–Crippen LogP) is 3.96. The molecule has 0 amide bonds. The van der Waals surface area contributed by atoms with Crippen LogP contribution in [0.25, 0.3) is 10.9 Å².